The molecule has 0 aromatic rings. The maximum Gasteiger partial charge on any atom is 0.323 e. The predicted molar refractivity (Wildman–Crippen MR) is 65.2 cm³/mol. The first-order valence-corrected chi connectivity index (χ1v) is 6.05. The van der Waals surface area contributed by atoms with E-state index in [1.54, 1.807) is 6.92 Å². The van der Waals surface area contributed by atoms with Crippen molar-refractivity contribution in [1.82, 2.24) is 15.5 Å². The summed E-state index contributed by atoms with van der Waals surface area (Å²) in [6.45, 7) is 2.19. The number of urea groups is 1. The summed E-state index contributed by atoms with van der Waals surface area (Å²) in [6.07, 6.45) is -0.456. The first-order chi connectivity index (χ1) is 8.97. The van der Waals surface area contributed by atoms with Crippen LogP contribution in [0.4, 0.5) is 4.79 Å². The summed E-state index contributed by atoms with van der Waals surface area (Å²) in [5.41, 5.74) is 0. The van der Waals surface area contributed by atoms with Crippen LogP contribution >= 0.6 is 0 Å². The Morgan fingerprint density at radius 3 is 2.68 bits per heavy atom. The third kappa shape index (κ3) is 4.49. The van der Waals surface area contributed by atoms with Crippen LogP contribution in [0.5, 0.6) is 0 Å². The Morgan fingerprint density at radius 1 is 1.42 bits per heavy atom. The summed E-state index contributed by atoms with van der Waals surface area (Å²) in [7, 11) is 1.25. The Balaban J connectivity index is 2.52. The molecule has 0 saturated carbocycles. The fourth-order valence-corrected chi connectivity index (χ4v) is 1.99. The lowest BCUT2D eigenvalue weighted by Crippen LogP contribution is -2.47. The number of carbonyl (C=O) groups is 3. The smallest absolute Gasteiger partial charge is 0.323 e. The normalized spacial score (nSPS) is 22.9. The minimum atomic E-state index is -0.679. The lowest BCUT2D eigenvalue weighted by Gasteiger charge is -2.20. The summed E-state index contributed by atoms with van der Waals surface area (Å²) in [5, 5.41) is 14.1. The molecule has 2 atom stereocenters. The summed E-state index contributed by atoms with van der Waals surface area (Å²) in [6, 6.07) is -1.23. The molecule has 1 aliphatic rings. The average molecular weight is 273 g/mol. The molecule has 1 aliphatic heterocycles. The van der Waals surface area contributed by atoms with Crippen LogP contribution in [-0.2, 0) is 14.3 Å². The van der Waals surface area contributed by atoms with Gasteiger partial charge in [-0.15, -0.1) is 0 Å². The van der Waals surface area contributed by atoms with Crippen LogP contribution in [0.1, 0.15) is 13.3 Å². The highest BCUT2D eigenvalue weighted by atomic mass is 16.5. The zero-order valence-electron chi connectivity index (χ0n) is 11.0. The molecule has 108 valence electrons. The van der Waals surface area contributed by atoms with Crippen molar-refractivity contribution in [3.8, 4) is 0 Å². The molecule has 3 amide bonds. The molecular weight excluding hydrogens is 254 g/mol. The monoisotopic (exact) mass is 273 g/mol. The largest absolute Gasteiger partial charge is 0.468 e. The molecule has 0 radical (unpaired) electrons. The van der Waals surface area contributed by atoms with Crippen molar-refractivity contribution in [3.05, 3.63) is 0 Å². The van der Waals surface area contributed by atoms with Gasteiger partial charge in [-0.2, -0.15) is 0 Å². The first kappa shape index (κ1) is 15.4. The fourth-order valence-electron chi connectivity index (χ4n) is 1.99. The van der Waals surface area contributed by atoms with Crippen molar-refractivity contribution in [3.63, 3.8) is 0 Å². The van der Waals surface area contributed by atoms with E-state index in [9.17, 15) is 19.5 Å². The molecule has 8 nitrogen and oxygen atoms in total. The number of rotatable bonds is 4. The maximum atomic E-state index is 11.6. The number of likely N-dealkylation sites (tertiary alicyclic amines) is 1. The van der Waals surface area contributed by atoms with E-state index in [0.29, 0.717) is 6.54 Å². The molecule has 0 spiro atoms. The van der Waals surface area contributed by atoms with Crippen LogP contribution in [0, 0.1) is 0 Å². The number of nitrogens with zero attached hydrogens (tertiary/aromatic N) is 1. The summed E-state index contributed by atoms with van der Waals surface area (Å²) < 4.78 is 4.61. The third-order valence-corrected chi connectivity index (χ3v) is 2.79. The molecule has 0 bridgehead atoms. The fraction of sp³-hybridized carbons (Fsp3) is 0.727. The van der Waals surface area contributed by atoms with E-state index in [1.807, 2.05) is 0 Å². The number of hydrogen-bond acceptors (Lipinski definition) is 6. The van der Waals surface area contributed by atoms with Crippen LogP contribution in [-0.4, -0.2) is 66.8 Å². The number of imide groups is 1. The quantitative estimate of drug-likeness (QED) is 0.535. The molecule has 0 aromatic carbocycles. The molecule has 8 heteroatoms. The van der Waals surface area contributed by atoms with Gasteiger partial charge < -0.3 is 15.2 Å². The minimum Gasteiger partial charge on any atom is -0.468 e. The number of esters is 1. The SMILES string of the molecule is CCNC(=O)NC(=O)CN1CC(O)CC1C(=O)OC. The number of amides is 3. The predicted octanol–water partition coefficient (Wildman–Crippen LogP) is -1.56. The van der Waals surface area contributed by atoms with Crippen molar-refractivity contribution in [1.29, 1.82) is 0 Å². The Hall–Kier alpha value is -1.67. The third-order valence-electron chi connectivity index (χ3n) is 2.79. The van der Waals surface area contributed by atoms with Gasteiger partial charge in [0.15, 0.2) is 0 Å². The standard InChI is InChI=1S/C11H19N3O5/c1-3-12-11(18)13-9(16)6-14-5-7(15)4-8(14)10(17)19-2/h7-8,15H,3-6H2,1-2H3,(H2,12,13,16,18). The molecule has 19 heavy (non-hydrogen) atoms. The van der Waals surface area contributed by atoms with Crippen molar-refractivity contribution < 1.29 is 24.2 Å². The molecule has 1 heterocycles. The van der Waals surface area contributed by atoms with Crippen LogP contribution in [0.2, 0.25) is 0 Å². The molecule has 2 unspecified atom stereocenters. The molecule has 1 rings (SSSR count). The van der Waals surface area contributed by atoms with Gasteiger partial charge in [0, 0.05) is 19.5 Å². The van der Waals surface area contributed by atoms with Crippen molar-refractivity contribution in [2.45, 2.75) is 25.5 Å². The van der Waals surface area contributed by atoms with E-state index in [1.165, 1.54) is 12.0 Å². The highest BCUT2D eigenvalue weighted by Crippen LogP contribution is 2.18. The van der Waals surface area contributed by atoms with Gasteiger partial charge in [0.25, 0.3) is 0 Å². The summed E-state index contributed by atoms with van der Waals surface area (Å²) in [5.74, 6) is -1.03. The van der Waals surface area contributed by atoms with E-state index in [4.69, 9.17) is 0 Å². The molecule has 3 N–H and O–H groups in total. The topological polar surface area (TPSA) is 108 Å². The van der Waals surface area contributed by atoms with E-state index in [2.05, 4.69) is 15.4 Å². The number of β-amino-alcohol motifs (C(OH)–C–C–N with tert-alkyl or cyclic N) is 1. The lowest BCUT2D eigenvalue weighted by atomic mass is 10.2. The number of ether oxygens (including phenoxy) is 1. The zero-order valence-corrected chi connectivity index (χ0v) is 11.0. The van der Waals surface area contributed by atoms with Crippen LogP contribution in [0.3, 0.4) is 0 Å². The van der Waals surface area contributed by atoms with E-state index in [-0.39, 0.29) is 19.5 Å². The van der Waals surface area contributed by atoms with Gasteiger partial charge in [0.1, 0.15) is 6.04 Å². The van der Waals surface area contributed by atoms with Gasteiger partial charge in [0.05, 0.1) is 19.8 Å². The second-order valence-electron chi connectivity index (χ2n) is 4.27. The Morgan fingerprint density at radius 2 is 2.11 bits per heavy atom. The van der Waals surface area contributed by atoms with Gasteiger partial charge in [-0.25, -0.2) is 4.79 Å². The van der Waals surface area contributed by atoms with Crippen LogP contribution in [0.25, 0.3) is 0 Å². The van der Waals surface area contributed by atoms with E-state index >= 15 is 0 Å². The molecule has 1 fully saturated rings. The average Bonchev–Trinajstić information content (AvgIpc) is 2.69. The highest BCUT2D eigenvalue weighted by Gasteiger charge is 2.37. The number of aliphatic hydroxyl groups excluding tert-OH is 1. The second-order valence-corrected chi connectivity index (χ2v) is 4.27. The number of nitrogens with one attached hydrogen (secondary N) is 2. The number of methoxy groups -OCH3 is 1. The Kier molecular flexibility index (Phi) is 5.71. The van der Waals surface area contributed by atoms with Crippen LogP contribution < -0.4 is 10.6 Å². The van der Waals surface area contributed by atoms with Crippen molar-refractivity contribution in [2.24, 2.45) is 0 Å². The second kappa shape index (κ2) is 7.05. The first-order valence-electron chi connectivity index (χ1n) is 6.05. The number of carbonyl (C=O) groups excluding carboxylic acids is 3. The van der Waals surface area contributed by atoms with Crippen molar-refractivity contribution >= 4 is 17.9 Å². The van der Waals surface area contributed by atoms with Gasteiger partial charge in [-0.1, -0.05) is 0 Å². The maximum absolute atomic E-state index is 11.6. The number of aliphatic hydroxyl groups is 1. The minimum absolute atomic E-state index is 0.145. The highest BCUT2D eigenvalue weighted by molar-refractivity contribution is 5.95. The molecule has 1 saturated heterocycles. The van der Waals surface area contributed by atoms with Crippen molar-refractivity contribution in [2.75, 3.05) is 26.7 Å². The molecule has 0 aliphatic carbocycles. The summed E-state index contributed by atoms with van der Waals surface area (Å²) >= 11 is 0. The molecule has 0 aromatic heterocycles. The molecular formula is C11H19N3O5. The number of hydrogen-bond donors (Lipinski definition) is 3. The summed E-state index contributed by atoms with van der Waals surface area (Å²) in [4.78, 5) is 35.7. The van der Waals surface area contributed by atoms with E-state index in [0.717, 1.165) is 0 Å². The van der Waals surface area contributed by atoms with Gasteiger partial charge in [-0.3, -0.25) is 19.8 Å². The lowest BCUT2D eigenvalue weighted by molar-refractivity contribution is -0.146. The van der Waals surface area contributed by atoms with Gasteiger partial charge >= 0.3 is 12.0 Å². The van der Waals surface area contributed by atoms with Crippen LogP contribution in [0.15, 0.2) is 0 Å². The Labute approximate surface area is 111 Å². The van der Waals surface area contributed by atoms with Gasteiger partial charge in [0.2, 0.25) is 5.91 Å². The Bertz CT molecular complexity index is 360. The van der Waals surface area contributed by atoms with E-state index < -0.39 is 30.1 Å². The van der Waals surface area contributed by atoms with Gasteiger partial charge in [-0.05, 0) is 6.92 Å². The zero-order chi connectivity index (χ0) is 14.4.